The van der Waals surface area contributed by atoms with Crippen LogP contribution in [0.15, 0.2) is 0 Å². The second-order valence-corrected chi connectivity index (χ2v) is 12.8. The minimum Gasteiger partial charge on any atom is -0.112 e. The van der Waals surface area contributed by atoms with Gasteiger partial charge >= 0.3 is 0 Å². The molecule has 2 aliphatic rings. The summed E-state index contributed by atoms with van der Waals surface area (Å²) in [5, 5.41) is 0.843. The molecule has 3 unspecified atom stereocenters. The Kier molecular flexibility index (Phi) is 15.1. The SMILES string of the molecule is CCCCCCCCCCCCCCCCCCCCC12CCCCC(CC1)P2. The third-order valence-corrected chi connectivity index (χ3v) is 10.3. The molecule has 0 spiro atoms. The van der Waals surface area contributed by atoms with Crippen molar-refractivity contribution in [3.05, 3.63) is 0 Å². The molecule has 0 aliphatic carbocycles. The van der Waals surface area contributed by atoms with Crippen LogP contribution in [0.2, 0.25) is 0 Å². The Balaban J connectivity index is 1.27. The molecule has 1 heteroatoms. The highest BCUT2D eigenvalue weighted by atomic mass is 31.1. The van der Waals surface area contributed by atoms with Gasteiger partial charge in [-0.2, -0.15) is 0 Å². The predicted molar refractivity (Wildman–Crippen MR) is 136 cm³/mol. The molecule has 2 bridgehead atoms. The molecule has 0 aromatic carbocycles. The molecule has 0 saturated carbocycles. The summed E-state index contributed by atoms with van der Waals surface area (Å²) < 4.78 is 0. The van der Waals surface area contributed by atoms with Crippen molar-refractivity contribution in [2.45, 2.75) is 178 Å². The van der Waals surface area contributed by atoms with Crippen LogP contribution in [0.25, 0.3) is 0 Å². The van der Waals surface area contributed by atoms with E-state index in [0.29, 0.717) is 0 Å². The monoisotopic (exact) mass is 422 g/mol. The number of hydrogen-bond donors (Lipinski definition) is 0. The number of fused-ring (bicyclic) bond motifs is 2. The summed E-state index contributed by atoms with van der Waals surface area (Å²) in [5.41, 5.74) is 1.15. The van der Waals surface area contributed by atoms with Gasteiger partial charge in [0.05, 0.1) is 0 Å². The van der Waals surface area contributed by atoms with Gasteiger partial charge in [0, 0.05) is 0 Å². The van der Waals surface area contributed by atoms with Crippen LogP contribution in [0.5, 0.6) is 0 Å². The lowest BCUT2D eigenvalue weighted by Gasteiger charge is -2.28. The fourth-order valence-corrected chi connectivity index (χ4v) is 8.42. The van der Waals surface area contributed by atoms with Crippen molar-refractivity contribution in [1.82, 2.24) is 0 Å². The lowest BCUT2D eigenvalue weighted by Crippen LogP contribution is -2.19. The predicted octanol–water partition coefficient (Wildman–Crippen LogP) is 10.6. The van der Waals surface area contributed by atoms with Crippen LogP contribution in [-0.4, -0.2) is 10.8 Å². The average Bonchev–Trinajstić information content (AvgIpc) is 3.01. The minimum atomic E-state index is 0.843. The molecule has 29 heavy (non-hydrogen) atoms. The normalized spacial score (nSPS) is 24.9. The van der Waals surface area contributed by atoms with Crippen LogP contribution < -0.4 is 0 Å². The Hall–Kier alpha value is 0.430. The van der Waals surface area contributed by atoms with Gasteiger partial charge in [0.1, 0.15) is 0 Å². The van der Waals surface area contributed by atoms with Crippen molar-refractivity contribution < 1.29 is 0 Å². The van der Waals surface area contributed by atoms with E-state index in [4.69, 9.17) is 0 Å². The van der Waals surface area contributed by atoms with E-state index < -0.39 is 0 Å². The third-order valence-electron chi connectivity index (χ3n) is 7.95. The van der Waals surface area contributed by atoms with E-state index in [1.807, 2.05) is 0 Å². The molecule has 2 aliphatic heterocycles. The Morgan fingerprint density at radius 3 is 1.55 bits per heavy atom. The molecule has 2 heterocycles. The molecule has 172 valence electrons. The molecule has 2 fully saturated rings. The lowest BCUT2D eigenvalue weighted by molar-refractivity contribution is 0.413. The van der Waals surface area contributed by atoms with Crippen molar-refractivity contribution in [3.8, 4) is 0 Å². The van der Waals surface area contributed by atoms with E-state index in [1.54, 1.807) is 51.4 Å². The standard InChI is InChI=1S/C28H55P/c1-2-3-4-5-6-7-8-9-10-11-12-13-14-15-16-17-18-20-24-28-25-21-19-22-27(29-28)23-26-28/h27,29H,2-26H2,1H3. The van der Waals surface area contributed by atoms with Crippen molar-refractivity contribution in [2.75, 3.05) is 0 Å². The summed E-state index contributed by atoms with van der Waals surface area (Å²) in [6.45, 7) is 2.31. The Labute approximate surface area is 186 Å². The van der Waals surface area contributed by atoms with Crippen LogP contribution in [0.1, 0.15) is 167 Å². The molecule has 0 radical (unpaired) electrons. The van der Waals surface area contributed by atoms with E-state index in [0.717, 1.165) is 10.8 Å². The first-order chi connectivity index (χ1) is 14.3. The summed E-state index contributed by atoms with van der Waals surface area (Å²) in [6, 6.07) is 0. The van der Waals surface area contributed by atoms with Gasteiger partial charge < -0.3 is 0 Å². The van der Waals surface area contributed by atoms with Gasteiger partial charge in [0.15, 0.2) is 0 Å². The van der Waals surface area contributed by atoms with Gasteiger partial charge in [-0.05, 0) is 42.9 Å². The van der Waals surface area contributed by atoms with E-state index in [2.05, 4.69) is 6.92 Å². The second-order valence-electron chi connectivity index (χ2n) is 10.7. The van der Waals surface area contributed by atoms with Crippen LogP contribution in [0.3, 0.4) is 0 Å². The van der Waals surface area contributed by atoms with E-state index in [-0.39, 0.29) is 0 Å². The number of unbranched alkanes of at least 4 members (excludes halogenated alkanes) is 17. The van der Waals surface area contributed by atoms with E-state index in [9.17, 15) is 0 Å². The van der Waals surface area contributed by atoms with Crippen LogP contribution in [0.4, 0.5) is 0 Å². The summed E-state index contributed by atoms with van der Waals surface area (Å²) >= 11 is 0. The van der Waals surface area contributed by atoms with Gasteiger partial charge in [-0.3, -0.25) is 0 Å². The number of rotatable bonds is 19. The van der Waals surface area contributed by atoms with Crippen molar-refractivity contribution in [2.24, 2.45) is 0 Å². The third kappa shape index (κ3) is 12.1. The molecule has 0 aromatic rings. The second kappa shape index (κ2) is 17.0. The summed E-state index contributed by atoms with van der Waals surface area (Å²) in [4.78, 5) is 0. The zero-order valence-corrected chi connectivity index (χ0v) is 21.3. The summed E-state index contributed by atoms with van der Waals surface area (Å²) in [5.74, 6) is 0. The largest absolute Gasteiger partial charge is 0.112 e. The van der Waals surface area contributed by atoms with E-state index in [1.165, 1.54) is 118 Å². The average molecular weight is 423 g/mol. The Bertz CT molecular complexity index is 365. The topological polar surface area (TPSA) is 0 Å². The molecular formula is C28H55P. The first-order valence-corrected chi connectivity index (χ1v) is 15.2. The molecular weight excluding hydrogens is 367 g/mol. The Morgan fingerprint density at radius 1 is 0.552 bits per heavy atom. The van der Waals surface area contributed by atoms with E-state index >= 15 is 0 Å². The molecule has 0 N–H and O–H groups in total. The molecule has 2 rings (SSSR count). The zero-order valence-electron chi connectivity index (χ0n) is 20.3. The highest BCUT2D eigenvalue weighted by Crippen LogP contribution is 2.57. The van der Waals surface area contributed by atoms with Crippen LogP contribution in [-0.2, 0) is 0 Å². The highest BCUT2D eigenvalue weighted by molar-refractivity contribution is 7.41. The Morgan fingerprint density at radius 2 is 1.03 bits per heavy atom. The van der Waals surface area contributed by atoms with Crippen molar-refractivity contribution in [3.63, 3.8) is 0 Å². The zero-order chi connectivity index (χ0) is 20.5. The summed E-state index contributed by atoms with van der Waals surface area (Å²) in [6.07, 6.45) is 37.8. The van der Waals surface area contributed by atoms with Crippen molar-refractivity contribution >= 4 is 8.58 Å². The van der Waals surface area contributed by atoms with Gasteiger partial charge in [-0.15, -0.1) is 8.58 Å². The minimum absolute atomic E-state index is 0.843. The molecule has 0 nitrogen and oxygen atoms in total. The first-order valence-electron chi connectivity index (χ1n) is 14.1. The van der Waals surface area contributed by atoms with Crippen LogP contribution in [0, 0.1) is 0 Å². The molecule has 0 amide bonds. The maximum Gasteiger partial charge on any atom is -0.0119 e. The maximum atomic E-state index is 2.31. The van der Waals surface area contributed by atoms with Crippen molar-refractivity contribution in [1.29, 1.82) is 0 Å². The highest BCUT2D eigenvalue weighted by Gasteiger charge is 2.39. The van der Waals surface area contributed by atoms with Gasteiger partial charge in [-0.1, -0.05) is 135 Å². The number of hydrogen-bond acceptors (Lipinski definition) is 0. The smallest absolute Gasteiger partial charge is 0.0119 e. The lowest BCUT2D eigenvalue weighted by atomic mass is 9.87. The maximum absolute atomic E-state index is 2.31. The van der Waals surface area contributed by atoms with Gasteiger partial charge in [0.25, 0.3) is 0 Å². The molecule has 3 atom stereocenters. The van der Waals surface area contributed by atoms with Gasteiger partial charge in [-0.25, -0.2) is 0 Å². The van der Waals surface area contributed by atoms with Gasteiger partial charge in [0.2, 0.25) is 0 Å². The first kappa shape index (κ1) is 25.7. The van der Waals surface area contributed by atoms with Crippen LogP contribution >= 0.6 is 8.58 Å². The fourth-order valence-electron chi connectivity index (χ4n) is 5.98. The summed E-state index contributed by atoms with van der Waals surface area (Å²) in [7, 11) is 1.33. The molecule has 2 saturated heterocycles. The molecule has 0 aromatic heterocycles. The fraction of sp³-hybridized carbons (Fsp3) is 1.00. The quantitative estimate of drug-likeness (QED) is 0.143.